The highest BCUT2D eigenvalue weighted by Crippen LogP contribution is 2.29. The number of carbonyl (C=O) groups excluding carboxylic acids is 1. The van der Waals surface area contributed by atoms with Crippen LogP contribution in [-0.2, 0) is 10.5 Å². The maximum atomic E-state index is 12.6. The van der Waals surface area contributed by atoms with Gasteiger partial charge in [-0.15, -0.1) is 34.4 Å². The predicted molar refractivity (Wildman–Crippen MR) is 131 cm³/mol. The molecule has 0 aliphatic heterocycles. The van der Waals surface area contributed by atoms with Crippen molar-refractivity contribution in [3.63, 3.8) is 0 Å². The van der Waals surface area contributed by atoms with Gasteiger partial charge in [0.1, 0.15) is 10.7 Å². The predicted octanol–water partition coefficient (Wildman–Crippen LogP) is 5.29. The first-order valence-electron chi connectivity index (χ1n) is 9.76. The third-order valence-electron chi connectivity index (χ3n) is 5.08. The lowest BCUT2D eigenvalue weighted by molar-refractivity contribution is -0.115. The number of nitrogens with one attached hydrogen (secondary N) is 2. The number of aromatic amines is 1. The van der Waals surface area contributed by atoms with Crippen LogP contribution in [0.15, 0.2) is 34.4 Å². The van der Waals surface area contributed by atoms with Crippen LogP contribution in [-0.4, -0.2) is 26.1 Å². The van der Waals surface area contributed by atoms with Crippen molar-refractivity contribution in [2.24, 2.45) is 0 Å². The highest BCUT2D eigenvalue weighted by molar-refractivity contribution is 7.99. The summed E-state index contributed by atoms with van der Waals surface area (Å²) < 4.78 is 0. The summed E-state index contributed by atoms with van der Waals surface area (Å²) >= 11 is 4.36. The molecule has 0 aliphatic carbocycles. The van der Waals surface area contributed by atoms with E-state index in [4.69, 9.17) is 0 Å². The van der Waals surface area contributed by atoms with Crippen molar-refractivity contribution >= 4 is 55.7 Å². The molecule has 0 aliphatic rings. The van der Waals surface area contributed by atoms with Crippen LogP contribution >= 0.6 is 34.4 Å². The summed E-state index contributed by atoms with van der Waals surface area (Å²) in [5.74, 6) is 0.906. The number of aromatic nitrogens is 3. The Morgan fingerprint density at radius 2 is 2.00 bits per heavy atom. The maximum Gasteiger partial charge on any atom is 0.259 e. The van der Waals surface area contributed by atoms with Crippen molar-refractivity contribution in [3.05, 3.63) is 61.8 Å². The number of hydrogen-bond acceptors (Lipinski definition) is 7. The monoisotopic (exact) mass is 470 g/mol. The molecule has 3 heterocycles. The number of anilines is 1. The first-order valence-corrected chi connectivity index (χ1v) is 12.5. The third-order valence-corrected chi connectivity index (χ3v) is 8.10. The zero-order chi connectivity index (χ0) is 22.1. The third kappa shape index (κ3) is 4.58. The number of carbonyl (C=O) groups is 1. The van der Waals surface area contributed by atoms with Gasteiger partial charge in [0.25, 0.3) is 5.56 Å². The lowest BCUT2D eigenvalue weighted by Crippen LogP contribution is -2.23. The lowest BCUT2D eigenvalue weighted by atomic mass is 10.1. The van der Waals surface area contributed by atoms with Crippen LogP contribution in [0, 0.1) is 20.8 Å². The summed E-state index contributed by atoms with van der Waals surface area (Å²) in [6, 6.07) is 8.04. The molecule has 0 saturated heterocycles. The van der Waals surface area contributed by atoms with Gasteiger partial charge in [-0.1, -0.05) is 24.3 Å². The fourth-order valence-electron chi connectivity index (χ4n) is 3.17. The normalized spacial score (nSPS) is 12.3. The van der Waals surface area contributed by atoms with Crippen LogP contribution in [0.1, 0.15) is 28.8 Å². The Hall–Kier alpha value is -2.49. The van der Waals surface area contributed by atoms with E-state index in [9.17, 15) is 9.59 Å². The Kier molecular flexibility index (Phi) is 6.27. The molecule has 3 aromatic heterocycles. The van der Waals surface area contributed by atoms with E-state index in [-0.39, 0.29) is 16.7 Å². The van der Waals surface area contributed by atoms with Crippen LogP contribution in [0.3, 0.4) is 0 Å². The summed E-state index contributed by atoms with van der Waals surface area (Å²) in [5.41, 5.74) is 3.92. The Balaban J connectivity index is 1.40. The maximum absolute atomic E-state index is 12.6. The molecule has 0 radical (unpaired) electrons. The minimum Gasteiger partial charge on any atom is -0.309 e. The minimum atomic E-state index is -0.321. The summed E-state index contributed by atoms with van der Waals surface area (Å²) in [5, 5.41) is 5.76. The van der Waals surface area contributed by atoms with Crippen molar-refractivity contribution in [2.45, 2.75) is 38.7 Å². The number of thioether (sulfide) groups is 1. The topological polar surface area (TPSA) is 87.7 Å². The summed E-state index contributed by atoms with van der Waals surface area (Å²) in [6.45, 7) is 7.81. The minimum absolute atomic E-state index is 0.119. The van der Waals surface area contributed by atoms with Gasteiger partial charge in [-0.2, -0.15) is 0 Å². The van der Waals surface area contributed by atoms with E-state index in [0.717, 1.165) is 32.1 Å². The summed E-state index contributed by atoms with van der Waals surface area (Å²) in [6.07, 6.45) is 0. The highest BCUT2D eigenvalue weighted by Gasteiger charge is 2.18. The molecule has 1 unspecified atom stereocenters. The second-order valence-corrected chi connectivity index (χ2v) is 10.7. The number of H-pyrrole nitrogens is 1. The molecule has 31 heavy (non-hydrogen) atoms. The van der Waals surface area contributed by atoms with E-state index in [1.165, 1.54) is 34.4 Å². The number of benzene rings is 1. The van der Waals surface area contributed by atoms with Gasteiger partial charge < -0.3 is 10.3 Å². The van der Waals surface area contributed by atoms with Crippen LogP contribution in [0.2, 0.25) is 0 Å². The molecule has 9 heteroatoms. The number of fused-ring (bicyclic) bond motifs is 1. The Morgan fingerprint density at radius 3 is 2.77 bits per heavy atom. The molecule has 0 saturated carbocycles. The summed E-state index contributed by atoms with van der Waals surface area (Å²) in [4.78, 5) is 38.9. The Morgan fingerprint density at radius 1 is 1.23 bits per heavy atom. The number of thiazole rings is 1. The van der Waals surface area contributed by atoms with Gasteiger partial charge in [-0.25, -0.2) is 9.97 Å². The molecule has 1 atom stereocenters. The first kappa shape index (κ1) is 21.7. The molecule has 0 spiro atoms. The Bertz CT molecular complexity index is 1320. The number of aryl methyl sites for hydroxylation is 3. The molecule has 2 N–H and O–H groups in total. The number of rotatable bonds is 6. The van der Waals surface area contributed by atoms with Crippen LogP contribution < -0.4 is 10.9 Å². The van der Waals surface area contributed by atoms with E-state index < -0.39 is 0 Å². The zero-order valence-electron chi connectivity index (χ0n) is 17.6. The second-order valence-electron chi connectivity index (χ2n) is 7.27. The molecular formula is C22H22N4O2S3. The summed E-state index contributed by atoms with van der Waals surface area (Å²) in [7, 11) is 0. The molecule has 0 fully saturated rings. The van der Waals surface area contributed by atoms with Gasteiger partial charge in [0.2, 0.25) is 5.91 Å². The van der Waals surface area contributed by atoms with Gasteiger partial charge in [0, 0.05) is 15.8 Å². The molecular weight excluding hydrogens is 448 g/mol. The van der Waals surface area contributed by atoms with E-state index in [1.54, 1.807) is 0 Å². The molecule has 160 valence electrons. The highest BCUT2D eigenvalue weighted by atomic mass is 32.2. The van der Waals surface area contributed by atoms with E-state index in [1.807, 2.05) is 57.3 Å². The van der Waals surface area contributed by atoms with Crippen molar-refractivity contribution in [1.82, 2.24) is 15.0 Å². The van der Waals surface area contributed by atoms with Gasteiger partial charge in [-0.05, 0) is 38.8 Å². The van der Waals surface area contributed by atoms with E-state index in [2.05, 4.69) is 20.3 Å². The van der Waals surface area contributed by atoms with Gasteiger partial charge >= 0.3 is 0 Å². The number of nitrogens with zero attached hydrogens (tertiary/aromatic N) is 2. The van der Waals surface area contributed by atoms with Crippen molar-refractivity contribution < 1.29 is 4.79 Å². The molecule has 1 aromatic carbocycles. The largest absolute Gasteiger partial charge is 0.309 e. The van der Waals surface area contributed by atoms with Gasteiger partial charge in [-0.3, -0.25) is 9.59 Å². The average Bonchev–Trinajstić information content (AvgIpc) is 3.30. The molecule has 4 aromatic rings. The quantitative estimate of drug-likeness (QED) is 0.400. The molecule has 1 amide bonds. The Labute approximate surface area is 192 Å². The lowest BCUT2D eigenvalue weighted by Gasteiger charge is -2.10. The molecule has 0 bridgehead atoms. The van der Waals surface area contributed by atoms with Crippen molar-refractivity contribution in [3.8, 4) is 11.3 Å². The first-order chi connectivity index (χ1) is 14.8. The SMILES string of the molecule is Cc1ccccc1-c1csc(NC(=O)C(C)SCc2nc3sc(C)c(C)c3c(=O)[nH]2)n1. The second kappa shape index (κ2) is 8.94. The number of hydrogen-bond donors (Lipinski definition) is 2. The standard InChI is InChI=1S/C22H22N4O2S3/c1-11-7-5-6-8-15(11)16-9-30-22(23-16)26-19(27)14(4)29-10-17-24-20(28)18-12(2)13(3)31-21(18)25-17/h5-9,14H,10H2,1-4H3,(H,23,26,27)(H,24,25,28). The van der Waals surface area contributed by atoms with Crippen LogP contribution in [0.5, 0.6) is 0 Å². The molecule has 4 rings (SSSR count). The fraction of sp³-hybridized carbons (Fsp3) is 0.273. The zero-order valence-corrected chi connectivity index (χ0v) is 20.1. The van der Waals surface area contributed by atoms with E-state index >= 15 is 0 Å². The number of thiophene rings is 1. The number of amides is 1. The van der Waals surface area contributed by atoms with E-state index in [0.29, 0.717) is 22.1 Å². The van der Waals surface area contributed by atoms with Crippen LogP contribution in [0.4, 0.5) is 5.13 Å². The van der Waals surface area contributed by atoms with Gasteiger partial charge in [0.15, 0.2) is 5.13 Å². The smallest absolute Gasteiger partial charge is 0.259 e. The van der Waals surface area contributed by atoms with Crippen molar-refractivity contribution in [1.29, 1.82) is 0 Å². The average molecular weight is 471 g/mol. The fourth-order valence-corrected chi connectivity index (χ4v) is 5.69. The van der Waals surface area contributed by atoms with Gasteiger partial charge in [0.05, 0.1) is 22.1 Å². The van der Waals surface area contributed by atoms with Crippen LogP contribution in [0.25, 0.3) is 21.5 Å². The van der Waals surface area contributed by atoms with Crippen molar-refractivity contribution in [2.75, 3.05) is 5.32 Å². The molecule has 6 nitrogen and oxygen atoms in total.